The predicted octanol–water partition coefficient (Wildman–Crippen LogP) is 4.91. The Kier molecular flexibility index (Phi) is 4.06. The molecule has 0 unspecified atom stereocenters. The van der Waals surface area contributed by atoms with E-state index in [4.69, 9.17) is 0 Å². The maximum absolute atomic E-state index is 13.3. The molecule has 5 aromatic rings. The first kappa shape index (κ1) is 17.8. The molecule has 0 N–H and O–H groups in total. The Hall–Kier alpha value is -3.32. The number of aryl methyl sites for hydroxylation is 1. The minimum absolute atomic E-state index is 0.171. The first-order valence-corrected chi connectivity index (χ1v) is 9.74. The lowest BCUT2D eigenvalue weighted by Crippen LogP contribution is -2.18. The summed E-state index contributed by atoms with van der Waals surface area (Å²) in [5.74, 6) is -0.297. The Morgan fingerprint density at radius 2 is 1.72 bits per heavy atom. The van der Waals surface area contributed by atoms with Crippen LogP contribution in [-0.2, 0) is 0 Å². The van der Waals surface area contributed by atoms with Crippen molar-refractivity contribution in [2.45, 2.75) is 6.92 Å². The molecule has 142 valence electrons. The van der Waals surface area contributed by atoms with E-state index in [0.29, 0.717) is 16.6 Å². The van der Waals surface area contributed by atoms with E-state index >= 15 is 0 Å². The van der Waals surface area contributed by atoms with Crippen LogP contribution in [0.15, 0.2) is 76.3 Å². The molecule has 0 atom stereocenters. The van der Waals surface area contributed by atoms with Crippen molar-refractivity contribution in [3.05, 3.63) is 93.3 Å². The van der Waals surface area contributed by atoms with Crippen molar-refractivity contribution in [3.63, 3.8) is 0 Å². The van der Waals surface area contributed by atoms with Crippen molar-refractivity contribution in [1.82, 2.24) is 19.2 Å². The SMILES string of the molecule is Cc1nn2c(ncc3c(=O)n(-c4ccc(Br)cc4)ccc32)c1-c1ccc(F)cc1. The second kappa shape index (κ2) is 6.63. The molecule has 0 aliphatic carbocycles. The zero-order valence-electron chi connectivity index (χ0n) is 15.3. The summed E-state index contributed by atoms with van der Waals surface area (Å²) >= 11 is 3.41. The largest absolute Gasteiger partial charge is 0.284 e. The van der Waals surface area contributed by atoms with E-state index in [9.17, 15) is 9.18 Å². The van der Waals surface area contributed by atoms with Crippen LogP contribution >= 0.6 is 15.9 Å². The zero-order chi connectivity index (χ0) is 20.1. The number of pyridine rings is 1. The summed E-state index contributed by atoms with van der Waals surface area (Å²) in [5, 5.41) is 5.07. The van der Waals surface area contributed by atoms with Gasteiger partial charge in [-0.1, -0.05) is 28.1 Å². The van der Waals surface area contributed by atoms with Gasteiger partial charge in [0.05, 0.1) is 16.6 Å². The van der Waals surface area contributed by atoms with Crippen LogP contribution in [0, 0.1) is 12.7 Å². The highest BCUT2D eigenvalue weighted by molar-refractivity contribution is 9.10. The Labute approximate surface area is 173 Å². The fourth-order valence-electron chi connectivity index (χ4n) is 3.54. The van der Waals surface area contributed by atoms with Gasteiger partial charge in [0.25, 0.3) is 5.56 Å². The molecule has 3 aromatic heterocycles. The lowest BCUT2D eigenvalue weighted by atomic mass is 10.1. The van der Waals surface area contributed by atoms with Crippen molar-refractivity contribution < 1.29 is 4.39 Å². The first-order chi connectivity index (χ1) is 14.0. The number of fused-ring (bicyclic) bond motifs is 3. The summed E-state index contributed by atoms with van der Waals surface area (Å²) in [5.41, 5.74) is 4.30. The second-order valence-electron chi connectivity index (χ2n) is 6.73. The number of aromatic nitrogens is 4. The standard InChI is InChI=1S/C22H14BrFN4O/c1-13-20(14-2-6-16(24)7-3-14)21-25-12-18-19(28(21)26-13)10-11-27(22(18)29)17-8-4-15(23)5-9-17/h2-12H,1H3. The van der Waals surface area contributed by atoms with Crippen LogP contribution in [0.25, 0.3) is 33.4 Å². The molecule has 0 radical (unpaired) electrons. The highest BCUT2D eigenvalue weighted by Crippen LogP contribution is 2.28. The van der Waals surface area contributed by atoms with Crippen LogP contribution in [0.2, 0.25) is 0 Å². The van der Waals surface area contributed by atoms with Crippen molar-refractivity contribution >= 4 is 32.5 Å². The van der Waals surface area contributed by atoms with Gasteiger partial charge in [0.1, 0.15) is 5.82 Å². The smallest absolute Gasteiger partial charge is 0.266 e. The van der Waals surface area contributed by atoms with Gasteiger partial charge in [-0.2, -0.15) is 5.10 Å². The van der Waals surface area contributed by atoms with Crippen molar-refractivity contribution in [1.29, 1.82) is 0 Å². The molecule has 0 fully saturated rings. The quantitative estimate of drug-likeness (QED) is 0.385. The molecule has 2 aromatic carbocycles. The van der Waals surface area contributed by atoms with E-state index in [1.807, 2.05) is 37.3 Å². The summed E-state index contributed by atoms with van der Waals surface area (Å²) in [6, 6.07) is 15.6. The summed E-state index contributed by atoms with van der Waals surface area (Å²) in [6.07, 6.45) is 3.32. The number of nitrogens with zero attached hydrogens (tertiary/aromatic N) is 4. The number of hydrogen-bond acceptors (Lipinski definition) is 3. The highest BCUT2D eigenvalue weighted by Gasteiger charge is 2.16. The zero-order valence-corrected chi connectivity index (χ0v) is 16.9. The van der Waals surface area contributed by atoms with E-state index < -0.39 is 0 Å². The monoisotopic (exact) mass is 448 g/mol. The van der Waals surface area contributed by atoms with E-state index in [2.05, 4.69) is 26.0 Å². The molecular formula is C22H14BrFN4O. The van der Waals surface area contributed by atoms with Gasteiger partial charge in [-0.3, -0.25) is 9.36 Å². The molecule has 3 heterocycles. The van der Waals surface area contributed by atoms with Crippen LogP contribution in [0.5, 0.6) is 0 Å². The maximum Gasteiger partial charge on any atom is 0.266 e. The summed E-state index contributed by atoms with van der Waals surface area (Å²) < 4.78 is 17.5. The highest BCUT2D eigenvalue weighted by atomic mass is 79.9. The van der Waals surface area contributed by atoms with Gasteiger partial charge in [-0.05, 0) is 55.0 Å². The van der Waals surface area contributed by atoms with Gasteiger partial charge in [0, 0.05) is 28.1 Å². The first-order valence-electron chi connectivity index (χ1n) is 8.94. The van der Waals surface area contributed by atoms with E-state index in [0.717, 1.165) is 27.0 Å². The minimum atomic E-state index is -0.297. The second-order valence-corrected chi connectivity index (χ2v) is 7.64. The van der Waals surface area contributed by atoms with Crippen LogP contribution in [0.4, 0.5) is 4.39 Å². The summed E-state index contributed by atoms with van der Waals surface area (Å²) in [7, 11) is 0. The predicted molar refractivity (Wildman–Crippen MR) is 114 cm³/mol. The van der Waals surface area contributed by atoms with Crippen molar-refractivity contribution in [2.75, 3.05) is 0 Å². The molecule has 0 aliphatic rings. The number of hydrogen-bond donors (Lipinski definition) is 0. The van der Waals surface area contributed by atoms with E-state index in [1.165, 1.54) is 12.1 Å². The summed E-state index contributed by atoms with van der Waals surface area (Å²) in [4.78, 5) is 17.6. The molecule has 0 amide bonds. The van der Waals surface area contributed by atoms with Crippen molar-refractivity contribution in [3.8, 4) is 16.8 Å². The summed E-state index contributed by atoms with van der Waals surface area (Å²) in [6.45, 7) is 1.88. The van der Waals surface area contributed by atoms with Gasteiger partial charge >= 0.3 is 0 Å². The Morgan fingerprint density at radius 3 is 2.45 bits per heavy atom. The maximum atomic E-state index is 13.3. The van der Waals surface area contributed by atoms with E-state index in [1.54, 1.807) is 33.6 Å². The van der Waals surface area contributed by atoms with Crippen LogP contribution in [0.3, 0.4) is 0 Å². The van der Waals surface area contributed by atoms with Gasteiger partial charge in [-0.25, -0.2) is 13.9 Å². The number of rotatable bonds is 2. The van der Waals surface area contributed by atoms with Crippen molar-refractivity contribution in [2.24, 2.45) is 0 Å². The Morgan fingerprint density at radius 1 is 1.00 bits per heavy atom. The molecule has 7 heteroatoms. The molecule has 29 heavy (non-hydrogen) atoms. The fraction of sp³-hybridized carbons (Fsp3) is 0.0455. The van der Waals surface area contributed by atoms with Gasteiger partial charge < -0.3 is 0 Å². The normalized spacial score (nSPS) is 11.4. The molecule has 0 spiro atoms. The lowest BCUT2D eigenvalue weighted by molar-refractivity contribution is 0.628. The molecule has 0 saturated carbocycles. The third kappa shape index (κ3) is 2.86. The average Bonchev–Trinajstić information content (AvgIpc) is 3.06. The topological polar surface area (TPSA) is 52.2 Å². The Bertz CT molecular complexity index is 1440. The average molecular weight is 449 g/mol. The molecule has 5 nitrogen and oxygen atoms in total. The van der Waals surface area contributed by atoms with Crippen LogP contribution in [0.1, 0.15) is 5.69 Å². The molecular weight excluding hydrogens is 435 g/mol. The van der Waals surface area contributed by atoms with Gasteiger partial charge in [-0.15, -0.1) is 0 Å². The Balaban J connectivity index is 1.75. The number of halogens is 2. The third-order valence-corrected chi connectivity index (χ3v) is 5.45. The molecule has 0 bridgehead atoms. The lowest BCUT2D eigenvalue weighted by Gasteiger charge is -2.08. The minimum Gasteiger partial charge on any atom is -0.284 e. The van der Waals surface area contributed by atoms with E-state index in [-0.39, 0.29) is 11.4 Å². The molecule has 0 aliphatic heterocycles. The van der Waals surface area contributed by atoms with Gasteiger partial charge in [0.15, 0.2) is 5.65 Å². The van der Waals surface area contributed by atoms with Gasteiger partial charge in [0.2, 0.25) is 0 Å². The molecule has 5 rings (SSSR count). The number of benzene rings is 2. The third-order valence-electron chi connectivity index (χ3n) is 4.92. The van der Waals surface area contributed by atoms with Crippen LogP contribution in [-0.4, -0.2) is 19.2 Å². The molecule has 0 saturated heterocycles. The fourth-order valence-corrected chi connectivity index (χ4v) is 3.80. The van der Waals surface area contributed by atoms with Crippen LogP contribution < -0.4 is 5.56 Å².